The Hall–Kier alpha value is -4.33. The number of nitrogens with zero attached hydrogens (tertiary/aromatic N) is 2. The third kappa shape index (κ3) is 13.8. The van der Waals surface area contributed by atoms with E-state index in [4.69, 9.17) is 14.6 Å². The van der Waals surface area contributed by atoms with Gasteiger partial charge in [-0.3, -0.25) is 14.4 Å². The quantitative estimate of drug-likeness (QED) is 0.207. The first-order chi connectivity index (χ1) is 19.7. The summed E-state index contributed by atoms with van der Waals surface area (Å²) in [6, 6.07) is 8.46. The number of aliphatic hydroxyl groups excluding tert-OH is 1. The Morgan fingerprint density at radius 2 is 1.67 bits per heavy atom. The number of hydrogen-bond acceptors (Lipinski definition) is 6. The first-order valence-electron chi connectivity index (χ1n) is 12.2. The van der Waals surface area contributed by atoms with Gasteiger partial charge in [0.15, 0.2) is 6.29 Å². The number of aldehydes is 1. The molecule has 232 valence electrons. The van der Waals surface area contributed by atoms with E-state index in [1.165, 1.54) is 25.4 Å². The average Bonchev–Trinajstić information content (AvgIpc) is 3.29. The first kappa shape index (κ1) is 37.7. The molecule has 1 saturated heterocycles. The molecule has 1 heterocycles. The normalized spacial score (nSPS) is 14.5. The van der Waals surface area contributed by atoms with Crippen LogP contribution in [0.5, 0.6) is 5.75 Å². The lowest BCUT2D eigenvalue weighted by atomic mass is 9.97. The number of alkyl halides is 2. The molecular formula is C28H33F6N3O5. The minimum Gasteiger partial charge on any atom is -0.497 e. The van der Waals surface area contributed by atoms with Crippen molar-refractivity contribution in [1.29, 1.82) is 0 Å². The highest BCUT2D eigenvalue weighted by atomic mass is 19.3. The fourth-order valence-electron chi connectivity index (χ4n) is 3.41. The van der Waals surface area contributed by atoms with Crippen LogP contribution in [0.25, 0.3) is 0 Å². The molecule has 2 aromatic carbocycles. The van der Waals surface area contributed by atoms with Crippen molar-refractivity contribution in [3.05, 3.63) is 88.8 Å². The SMILES string of the molecule is CCN(C)/C=C(F)\C=C(/C=O)N1CC(c2c(F)cc(OC)cc2F)CC1=O.Cc1ccc(F)cc1.NC=O.OC(F)F. The summed E-state index contributed by atoms with van der Waals surface area (Å²) < 4.78 is 79.2. The minimum absolute atomic E-state index is 0.0238. The molecule has 0 aromatic heterocycles. The molecule has 0 spiro atoms. The third-order valence-electron chi connectivity index (χ3n) is 5.39. The van der Waals surface area contributed by atoms with Gasteiger partial charge in [-0.25, -0.2) is 17.6 Å². The number of hydrogen-bond donors (Lipinski definition) is 2. The second-order valence-corrected chi connectivity index (χ2v) is 8.39. The van der Waals surface area contributed by atoms with Crippen LogP contribution in [0.3, 0.4) is 0 Å². The molecule has 1 aliphatic heterocycles. The smallest absolute Gasteiger partial charge is 0.342 e. The molecule has 1 aliphatic rings. The Bertz CT molecular complexity index is 1160. The van der Waals surface area contributed by atoms with Gasteiger partial charge in [0, 0.05) is 62.4 Å². The van der Waals surface area contributed by atoms with Gasteiger partial charge in [-0.2, -0.15) is 8.78 Å². The van der Waals surface area contributed by atoms with Gasteiger partial charge in [-0.15, -0.1) is 0 Å². The van der Waals surface area contributed by atoms with Crippen LogP contribution < -0.4 is 10.5 Å². The molecule has 42 heavy (non-hydrogen) atoms. The number of ether oxygens (including phenoxy) is 1. The summed E-state index contributed by atoms with van der Waals surface area (Å²) >= 11 is 0. The molecule has 8 nitrogen and oxygen atoms in total. The second kappa shape index (κ2) is 19.7. The number of benzene rings is 2. The van der Waals surface area contributed by atoms with Gasteiger partial charge >= 0.3 is 6.61 Å². The topological polar surface area (TPSA) is 113 Å². The number of aryl methyl sites for hydroxylation is 1. The molecule has 2 amide bonds. The summed E-state index contributed by atoms with van der Waals surface area (Å²) in [6.07, 6.45) is 2.52. The zero-order valence-corrected chi connectivity index (χ0v) is 23.4. The Balaban J connectivity index is 0.000000915. The van der Waals surface area contributed by atoms with Crippen LogP contribution in [0, 0.1) is 24.4 Å². The van der Waals surface area contributed by atoms with Gasteiger partial charge in [-0.1, -0.05) is 17.7 Å². The Kier molecular flexibility index (Phi) is 17.7. The predicted molar refractivity (Wildman–Crippen MR) is 143 cm³/mol. The highest BCUT2D eigenvalue weighted by molar-refractivity contribution is 5.88. The number of carbonyl (C=O) groups is 3. The lowest BCUT2D eigenvalue weighted by Gasteiger charge is -2.17. The van der Waals surface area contributed by atoms with Crippen molar-refractivity contribution in [3.63, 3.8) is 0 Å². The molecule has 2 aromatic rings. The van der Waals surface area contributed by atoms with Crippen molar-refractivity contribution in [1.82, 2.24) is 9.80 Å². The summed E-state index contributed by atoms with van der Waals surface area (Å²) in [5, 5.41) is 6.72. The van der Waals surface area contributed by atoms with Gasteiger partial charge < -0.3 is 25.4 Å². The maximum atomic E-state index is 14.3. The van der Waals surface area contributed by atoms with E-state index in [9.17, 15) is 35.9 Å². The molecule has 14 heteroatoms. The van der Waals surface area contributed by atoms with E-state index in [2.05, 4.69) is 5.73 Å². The van der Waals surface area contributed by atoms with Crippen molar-refractivity contribution in [3.8, 4) is 5.75 Å². The highest BCUT2D eigenvalue weighted by Crippen LogP contribution is 2.35. The molecule has 0 radical (unpaired) electrons. The zero-order chi connectivity index (χ0) is 32.4. The number of aliphatic hydroxyl groups is 1. The van der Waals surface area contributed by atoms with E-state index < -0.39 is 35.9 Å². The van der Waals surface area contributed by atoms with E-state index in [1.54, 1.807) is 24.1 Å². The lowest BCUT2D eigenvalue weighted by molar-refractivity contribution is -0.127. The second-order valence-electron chi connectivity index (χ2n) is 8.39. The molecule has 0 bridgehead atoms. The predicted octanol–water partition coefficient (Wildman–Crippen LogP) is 4.57. The molecule has 0 saturated carbocycles. The van der Waals surface area contributed by atoms with Crippen LogP contribution in [0.4, 0.5) is 26.3 Å². The zero-order valence-electron chi connectivity index (χ0n) is 23.4. The molecule has 1 unspecified atom stereocenters. The monoisotopic (exact) mass is 605 g/mol. The van der Waals surface area contributed by atoms with Gasteiger partial charge in [0.2, 0.25) is 12.3 Å². The largest absolute Gasteiger partial charge is 0.497 e. The lowest BCUT2D eigenvalue weighted by Crippen LogP contribution is -2.25. The Morgan fingerprint density at radius 3 is 2.07 bits per heavy atom. The Labute approximate surface area is 239 Å². The van der Waals surface area contributed by atoms with Crippen molar-refractivity contribution in [2.45, 2.75) is 32.8 Å². The number of rotatable bonds is 7. The fraction of sp³-hybridized carbons (Fsp3) is 0.321. The summed E-state index contributed by atoms with van der Waals surface area (Å²) in [4.78, 5) is 34.8. The van der Waals surface area contributed by atoms with Crippen LogP contribution in [-0.4, -0.2) is 67.4 Å². The van der Waals surface area contributed by atoms with Crippen molar-refractivity contribution in [2.24, 2.45) is 5.73 Å². The first-order valence-corrected chi connectivity index (χ1v) is 12.2. The summed E-state index contributed by atoms with van der Waals surface area (Å²) in [6.45, 7) is 1.01. The van der Waals surface area contributed by atoms with Crippen molar-refractivity contribution < 1.29 is 50.6 Å². The molecule has 0 aliphatic carbocycles. The van der Waals surface area contributed by atoms with Gasteiger partial charge in [0.1, 0.15) is 29.0 Å². The summed E-state index contributed by atoms with van der Waals surface area (Å²) in [5.74, 6) is -3.83. The number of amides is 2. The molecule has 3 rings (SSSR count). The standard InChI is InChI=1S/C19H21F3N2O3.C7H7F.CH2F2O.CH3NO/c1-4-23(2)10-13(20)6-14(11-25)24-9-12(5-18(24)26)19-16(21)7-15(27-3)8-17(19)22;1-6-2-4-7(8)5-3-6;2-1(3)4;2-1-3/h6-8,10-12H,4-5,9H2,1-3H3;2-5H,1H3;1,4H;1H,(H2,2,3)/b13-10+,14-6+;;;. The Morgan fingerprint density at radius 1 is 1.17 bits per heavy atom. The fourth-order valence-corrected chi connectivity index (χ4v) is 3.41. The number of nitrogens with two attached hydrogens (primary N) is 1. The van der Waals surface area contributed by atoms with Crippen LogP contribution in [0.2, 0.25) is 0 Å². The molecule has 1 atom stereocenters. The number of allylic oxidation sites excluding steroid dienone is 3. The van der Waals surface area contributed by atoms with E-state index >= 15 is 0 Å². The van der Waals surface area contributed by atoms with Crippen LogP contribution in [-0.2, 0) is 14.4 Å². The van der Waals surface area contributed by atoms with E-state index in [1.807, 2.05) is 13.8 Å². The molecule has 1 fully saturated rings. The summed E-state index contributed by atoms with van der Waals surface area (Å²) in [5.41, 5.74) is 4.81. The highest BCUT2D eigenvalue weighted by Gasteiger charge is 2.36. The van der Waals surface area contributed by atoms with E-state index in [-0.39, 0.29) is 42.2 Å². The number of carbonyl (C=O) groups excluding carboxylic acids is 3. The van der Waals surface area contributed by atoms with Gasteiger partial charge in [0.25, 0.3) is 0 Å². The van der Waals surface area contributed by atoms with Crippen molar-refractivity contribution in [2.75, 3.05) is 27.2 Å². The van der Waals surface area contributed by atoms with Gasteiger partial charge in [-0.05, 0) is 26.0 Å². The average molecular weight is 606 g/mol. The number of halogens is 6. The number of primary amides is 1. The van der Waals surface area contributed by atoms with Crippen LogP contribution in [0.15, 0.2) is 60.2 Å². The maximum absolute atomic E-state index is 14.3. The van der Waals surface area contributed by atoms with Crippen LogP contribution >= 0.6 is 0 Å². The van der Waals surface area contributed by atoms with Crippen LogP contribution in [0.1, 0.15) is 30.4 Å². The maximum Gasteiger partial charge on any atom is 0.342 e. The molecule has 3 N–H and O–H groups in total. The third-order valence-corrected chi connectivity index (χ3v) is 5.39. The molecular weight excluding hydrogens is 572 g/mol. The van der Waals surface area contributed by atoms with Gasteiger partial charge in [0.05, 0.1) is 12.8 Å². The van der Waals surface area contributed by atoms with E-state index in [0.717, 1.165) is 28.7 Å². The number of likely N-dealkylation sites (tertiary alicyclic amines) is 1. The van der Waals surface area contributed by atoms with E-state index in [0.29, 0.717) is 12.8 Å². The number of methoxy groups -OCH3 is 1. The summed E-state index contributed by atoms with van der Waals surface area (Å²) in [7, 11) is 2.94. The van der Waals surface area contributed by atoms with Crippen molar-refractivity contribution >= 4 is 18.6 Å². The minimum atomic E-state index is -3.17.